The molecule has 2 aliphatic rings. The van der Waals surface area contributed by atoms with Crippen LogP contribution in [0.2, 0.25) is 0 Å². The number of piperazine rings is 1. The number of ether oxygens (including phenoxy) is 6. The van der Waals surface area contributed by atoms with Gasteiger partial charge in [0.15, 0.2) is 13.1 Å². The summed E-state index contributed by atoms with van der Waals surface area (Å²) in [4.78, 5) is 28.9. The van der Waals surface area contributed by atoms with Gasteiger partial charge in [0.2, 0.25) is 0 Å². The molecule has 3 aromatic rings. The van der Waals surface area contributed by atoms with Crippen molar-refractivity contribution in [3.8, 4) is 11.8 Å². The van der Waals surface area contributed by atoms with Crippen LogP contribution in [-0.2, 0) is 31.9 Å². The summed E-state index contributed by atoms with van der Waals surface area (Å²) in [5.41, 5.74) is 2.49. The SMILES string of the molecule is COCOc1cc(N2CCc3c(nc(O[C@H](C)C(OC)OC)nc3N3CCN(C(=O)OC(C)(C)C)CC3)C2)c2ccccc2c1. The van der Waals surface area contributed by atoms with E-state index in [-0.39, 0.29) is 18.9 Å². The number of carbonyl (C=O) groups is 1. The number of hydrogen-bond acceptors (Lipinski definition) is 11. The molecule has 1 aromatic heterocycles. The minimum Gasteiger partial charge on any atom is -0.467 e. The molecule has 0 spiro atoms. The summed E-state index contributed by atoms with van der Waals surface area (Å²) in [6.45, 7) is 11.3. The van der Waals surface area contributed by atoms with Gasteiger partial charge in [-0.05, 0) is 45.6 Å². The van der Waals surface area contributed by atoms with E-state index >= 15 is 0 Å². The van der Waals surface area contributed by atoms with Gasteiger partial charge in [-0.2, -0.15) is 9.97 Å². The molecule has 1 amide bonds. The highest BCUT2D eigenvalue weighted by atomic mass is 16.7. The minimum absolute atomic E-state index is 0.168. The molecule has 2 aliphatic heterocycles. The molecule has 0 aliphatic carbocycles. The summed E-state index contributed by atoms with van der Waals surface area (Å²) in [6.07, 6.45) is -0.589. The van der Waals surface area contributed by atoms with E-state index in [1.165, 1.54) is 0 Å². The summed E-state index contributed by atoms with van der Waals surface area (Å²) in [5, 5.41) is 2.22. The summed E-state index contributed by atoms with van der Waals surface area (Å²) < 4.78 is 33.7. The third kappa shape index (κ3) is 7.69. The van der Waals surface area contributed by atoms with Gasteiger partial charge in [-0.1, -0.05) is 24.3 Å². The van der Waals surface area contributed by atoms with Crippen molar-refractivity contribution in [2.75, 3.05) is 70.6 Å². The van der Waals surface area contributed by atoms with Crippen LogP contribution in [0, 0.1) is 0 Å². The van der Waals surface area contributed by atoms with Crippen molar-refractivity contribution in [2.24, 2.45) is 0 Å². The van der Waals surface area contributed by atoms with Gasteiger partial charge >= 0.3 is 12.1 Å². The van der Waals surface area contributed by atoms with Gasteiger partial charge < -0.3 is 43.1 Å². The first-order valence-corrected chi connectivity index (χ1v) is 15.3. The van der Waals surface area contributed by atoms with Gasteiger partial charge in [0.05, 0.1) is 12.2 Å². The standard InChI is InChI=1S/C33H45N5O7/c1-22(30(41-6)42-7)44-31-34-27-20-38(28-19-24(43-21-40-5)18-23-10-8-9-11-25(23)28)13-12-26(27)29(35-31)36-14-16-37(17-15-36)32(39)45-33(2,3)4/h8-11,18-19,22,30H,12-17,20-21H2,1-7H3/t22-/m1/s1. The molecule has 12 nitrogen and oxygen atoms in total. The number of anilines is 2. The van der Waals surface area contributed by atoms with Crippen LogP contribution in [0.4, 0.5) is 16.3 Å². The Morgan fingerprint density at radius 1 is 0.956 bits per heavy atom. The average Bonchev–Trinajstić information content (AvgIpc) is 3.02. The first kappa shape index (κ1) is 32.5. The van der Waals surface area contributed by atoms with Gasteiger partial charge in [-0.25, -0.2) is 4.79 Å². The van der Waals surface area contributed by atoms with Gasteiger partial charge in [0.25, 0.3) is 0 Å². The predicted octanol–water partition coefficient (Wildman–Crippen LogP) is 4.62. The van der Waals surface area contributed by atoms with Gasteiger partial charge in [-0.15, -0.1) is 0 Å². The number of amides is 1. The monoisotopic (exact) mass is 623 g/mol. The molecule has 5 rings (SSSR count). The van der Waals surface area contributed by atoms with Gasteiger partial charge in [0.1, 0.15) is 23.3 Å². The van der Waals surface area contributed by atoms with Crippen molar-refractivity contribution < 1.29 is 33.2 Å². The number of methoxy groups -OCH3 is 3. The molecule has 12 heteroatoms. The topological polar surface area (TPSA) is 108 Å². The maximum Gasteiger partial charge on any atom is 0.410 e. The molecular formula is C33H45N5O7. The Bertz CT molecular complexity index is 1470. The Labute approximate surface area is 265 Å². The van der Waals surface area contributed by atoms with E-state index in [0.717, 1.165) is 52.3 Å². The Kier molecular flexibility index (Phi) is 10.2. The largest absolute Gasteiger partial charge is 0.467 e. The molecule has 1 saturated heterocycles. The molecular weight excluding hydrogens is 578 g/mol. The number of rotatable bonds is 10. The molecule has 0 bridgehead atoms. The number of nitrogens with zero attached hydrogens (tertiary/aromatic N) is 5. The quantitative estimate of drug-likeness (QED) is 0.295. The zero-order valence-electron chi connectivity index (χ0n) is 27.4. The van der Waals surface area contributed by atoms with Crippen LogP contribution >= 0.6 is 0 Å². The summed E-state index contributed by atoms with van der Waals surface area (Å²) >= 11 is 0. The average molecular weight is 624 g/mol. The second-order valence-corrected chi connectivity index (χ2v) is 12.3. The van der Waals surface area contributed by atoms with E-state index < -0.39 is 18.0 Å². The van der Waals surface area contributed by atoms with Crippen LogP contribution in [0.1, 0.15) is 39.0 Å². The van der Waals surface area contributed by atoms with Crippen molar-refractivity contribution in [1.82, 2.24) is 14.9 Å². The Hall–Kier alpha value is -3.87. The first-order valence-electron chi connectivity index (χ1n) is 15.3. The summed E-state index contributed by atoms with van der Waals surface area (Å²) in [7, 11) is 4.76. The molecule has 45 heavy (non-hydrogen) atoms. The van der Waals surface area contributed by atoms with E-state index in [9.17, 15) is 4.79 Å². The van der Waals surface area contributed by atoms with Crippen molar-refractivity contribution in [1.29, 1.82) is 0 Å². The van der Waals surface area contributed by atoms with Gasteiger partial charge in [-0.3, -0.25) is 0 Å². The lowest BCUT2D eigenvalue weighted by Gasteiger charge is -2.38. The van der Waals surface area contributed by atoms with Crippen LogP contribution in [0.3, 0.4) is 0 Å². The zero-order chi connectivity index (χ0) is 32.1. The fourth-order valence-electron chi connectivity index (χ4n) is 5.77. The zero-order valence-corrected chi connectivity index (χ0v) is 27.4. The van der Waals surface area contributed by atoms with Crippen molar-refractivity contribution >= 4 is 28.4 Å². The molecule has 1 fully saturated rings. The Morgan fingerprint density at radius 3 is 2.38 bits per heavy atom. The number of aromatic nitrogens is 2. The molecule has 0 radical (unpaired) electrons. The van der Waals surface area contributed by atoms with Crippen molar-refractivity contribution in [3.05, 3.63) is 47.7 Å². The van der Waals surface area contributed by atoms with Crippen molar-refractivity contribution in [3.63, 3.8) is 0 Å². The molecule has 2 aromatic carbocycles. The highest BCUT2D eigenvalue weighted by molar-refractivity contribution is 5.95. The lowest BCUT2D eigenvalue weighted by atomic mass is 10.0. The summed E-state index contributed by atoms with van der Waals surface area (Å²) in [5.74, 6) is 1.57. The molecule has 0 saturated carbocycles. The Balaban J connectivity index is 1.46. The molecule has 0 unspecified atom stereocenters. The second-order valence-electron chi connectivity index (χ2n) is 12.3. The normalized spacial score (nSPS) is 16.1. The van der Waals surface area contributed by atoms with E-state index in [1.807, 2.05) is 45.9 Å². The fourth-order valence-corrected chi connectivity index (χ4v) is 5.77. The fraction of sp³-hybridized carbons (Fsp3) is 0.545. The second kappa shape index (κ2) is 14.1. The van der Waals surface area contributed by atoms with E-state index in [0.29, 0.717) is 32.7 Å². The van der Waals surface area contributed by atoms with Crippen LogP contribution in [0.15, 0.2) is 36.4 Å². The lowest BCUT2D eigenvalue weighted by molar-refractivity contribution is -0.152. The maximum absolute atomic E-state index is 12.7. The maximum atomic E-state index is 12.7. The third-order valence-corrected chi connectivity index (χ3v) is 7.89. The minimum atomic E-state index is -0.580. The number of benzene rings is 2. The van der Waals surface area contributed by atoms with Crippen LogP contribution in [0.25, 0.3) is 10.8 Å². The van der Waals surface area contributed by atoms with E-state index in [2.05, 4.69) is 28.0 Å². The van der Waals surface area contributed by atoms with Crippen molar-refractivity contribution in [2.45, 2.75) is 58.7 Å². The summed E-state index contributed by atoms with van der Waals surface area (Å²) in [6, 6.07) is 12.6. The molecule has 1 atom stereocenters. The Morgan fingerprint density at radius 2 is 1.69 bits per heavy atom. The van der Waals surface area contributed by atoms with E-state index in [1.54, 1.807) is 26.2 Å². The van der Waals surface area contributed by atoms with Gasteiger partial charge in [0, 0.05) is 76.8 Å². The van der Waals surface area contributed by atoms with Crippen LogP contribution in [-0.4, -0.2) is 99.8 Å². The lowest BCUT2D eigenvalue weighted by Crippen LogP contribution is -2.50. The number of fused-ring (bicyclic) bond motifs is 2. The van der Waals surface area contributed by atoms with Crippen LogP contribution in [0.5, 0.6) is 11.8 Å². The first-order chi connectivity index (χ1) is 21.6. The number of hydrogen-bond donors (Lipinski definition) is 0. The highest BCUT2D eigenvalue weighted by Gasteiger charge is 2.31. The number of carbonyl (C=O) groups excluding carboxylic acids is 1. The molecule has 3 heterocycles. The predicted molar refractivity (Wildman–Crippen MR) is 171 cm³/mol. The van der Waals surface area contributed by atoms with Crippen LogP contribution < -0.4 is 19.3 Å². The highest BCUT2D eigenvalue weighted by Crippen LogP contribution is 2.37. The molecule has 0 N–H and O–H groups in total. The van der Waals surface area contributed by atoms with E-state index in [4.69, 9.17) is 38.4 Å². The molecule has 244 valence electrons. The third-order valence-electron chi connectivity index (χ3n) is 7.89. The smallest absolute Gasteiger partial charge is 0.410 e.